The molecule has 0 aromatic heterocycles. The van der Waals surface area contributed by atoms with Crippen LogP contribution in [0.15, 0.2) is 17.7 Å². The summed E-state index contributed by atoms with van der Waals surface area (Å²) in [6.45, 7) is 1.77. The molecule has 0 aliphatic heterocycles. The number of halogens is 1. The Hall–Kier alpha value is -1.53. The van der Waals surface area contributed by atoms with Crippen molar-refractivity contribution in [2.45, 2.75) is 6.92 Å². The monoisotopic (exact) mass is 310 g/mol. The minimum absolute atomic E-state index is 0.0216. The lowest BCUT2D eigenvalue weighted by Crippen LogP contribution is -1.84. The van der Waals surface area contributed by atoms with Gasteiger partial charge in [0.2, 0.25) is 0 Å². The van der Waals surface area contributed by atoms with Crippen LogP contribution in [0.1, 0.15) is 11.1 Å². The van der Waals surface area contributed by atoms with Gasteiger partial charge in [0.1, 0.15) is 23.5 Å². The highest BCUT2D eigenvalue weighted by Crippen LogP contribution is 2.26. The van der Waals surface area contributed by atoms with Gasteiger partial charge in [-0.1, -0.05) is 0 Å². The van der Waals surface area contributed by atoms with Gasteiger partial charge in [-0.15, -0.1) is 0 Å². The second-order valence-electron chi connectivity index (χ2n) is 2.94. The molecule has 0 unspecified atom stereocenters. The summed E-state index contributed by atoms with van der Waals surface area (Å²) < 4.78 is 0.948. The van der Waals surface area contributed by atoms with E-state index in [0.717, 1.165) is 9.13 Å². The van der Waals surface area contributed by atoms with Gasteiger partial charge in [-0.25, -0.2) is 0 Å². The Labute approximate surface area is 101 Å². The normalized spacial score (nSPS) is 8.80. The smallest absolute Gasteiger partial charge is 0.130 e. The molecule has 0 amide bonds. The first-order valence-electron chi connectivity index (χ1n) is 4.09. The Morgan fingerprint density at radius 3 is 2.53 bits per heavy atom. The minimum atomic E-state index is -0.0216. The van der Waals surface area contributed by atoms with E-state index in [1.54, 1.807) is 25.1 Å². The van der Waals surface area contributed by atoms with Crippen molar-refractivity contribution < 1.29 is 5.11 Å². The molecule has 0 atom stereocenters. The van der Waals surface area contributed by atoms with Crippen molar-refractivity contribution in [1.82, 2.24) is 0 Å². The van der Waals surface area contributed by atoms with Crippen LogP contribution in [0.2, 0.25) is 0 Å². The zero-order chi connectivity index (χ0) is 11.4. The average molecular weight is 310 g/mol. The third-order valence-electron chi connectivity index (χ3n) is 1.84. The van der Waals surface area contributed by atoms with Crippen molar-refractivity contribution >= 4 is 28.7 Å². The number of nitriles is 2. The number of hydrogen-bond acceptors (Lipinski definition) is 3. The van der Waals surface area contributed by atoms with E-state index in [0.29, 0.717) is 5.56 Å². The number of rotatable bonds is 1. The highest BCUT2D eigenvalue weighted by Gasteiger charge is 2.05. The largest absolute Gasteiger partial charge is 0.507 e. The molecule has 0 aliphatic rings. The van der Waals surface area contributed by atoms with E-state index in [-0.39, 0.29) is 11.3 Å². The highest BCUT2D eigenvalue weighted by atomic mass is 127. The minimum Gasteiger partial charge on any atom is -0.507 e. The first-order valence-corrected chi connectivity index (χ1v) is 5.17. The fourth-order valence-electron chi connectivity index (χ4n) is 1.12. The lowest BCUT2D eigenvalue weighted by atomic mass is 10.1. The first kappa shape index (κ1) is 11.5. The van der Waals surface area contributed by atoms with Crippen molar-refractivity contribution in [2.75, 3.05) is 0 Å². The number of aryl methyl sites for hydroxylation is 1. The Bertz CT molecular complexity index is 491. The van der Waals surface area contributed by atoms with E-state index in [1.807, 2.05) is 6.07 Å². The van der Waals surface area contributed by atoms with Crippen LogP contribution in [0.5, 0.6) is 5.75 Å². The molecule has 3 nitrogen and oxygen atoms in total. The molecule has 4 heteroatoms. The van der Waals surface area contributed by atoms with Crippen LogP contribution in [-0.4, -0.2) is 5.11 Å². The van der Waals surface area contributed by atoms with Crippen LogP contribution >= 0.6 is 22.6 Å². The van der Waals surface area contributed by atoms with Crippen molar-refractivity contribution in [1.29, 1.82) is 10.5 Å². The fraction of sp³-hybridized carbons (Fsp3) is 0.0909. The molecule has 0 radical (unpaired) electrons. The Kier molecular flexibility index (Phi) is 3.70. The summed E-state index contributed by atoms with van der Waals surface area (Å²) >= 11 is 2.11. The van der Waals surface area contributed by atoms with Gasteiger partial charge in [-0.2, -0.15) is 10.5 Å². The number of phenolic OH excluding ortho intramolecular Hbond substituents is 1. The van der Waals surface area contributed by atoms with E-state index < -0.39 is 0 Å². The molecule has 0 bridgehead atoms. The molecule has 74 valence electrons. The SMILES string of the molecule is Cc1cc(I)cc(C=C(C#N)C#N)c1O. The van der Waals surface area contributed by atoms with Crippen LogP contribution in [0.4, 0.5) is 0 Å². The van der Waals surface area contributed by atoms with Crippen LogP contribution in [0, 0.1) is 33.2 Å². The lowest BCUT2D eigenvalue weighted by molar-refractivity contribution is 0.469. The predicted molar refractivity (Wildman–Crippen MR) is 64.8 cm³/mol. The predicted octanol–water partition coefficient (Wildman–Crippen LogP) is 2.74. The second-order valence-corrected chi connectivity index (χ2v) is 4.19. The summed E-state index contributed by atoms with van der Waals surface area (Å²) in [6, 6.07) is 7.05. The summed E-state index contributed by atoms with van der Waals surface area (Å²) in [6.07, 6.45) is 1.38. The van der Waals surface area contributed by atoms with Crippen molar-refractivity contribution in [3.63, 3.8) is 0 Å². The summed E-state index contributed by atoms with van der Waals surface area (Å²) in [5.41, 5.74) is 1.20. The maximum Gasteiger partial charge on any atom is 0.130 e. The Balaban J connectivity index is 3.35. The van der Waals surface area contributed by atoms with Crippen LogP contribution in [0.25, 0.3) is 6.08 Å². The number of allylic oxidation sites excluding steroid dienone is 1. The van der Waals surface area contributed by atoms with E-state index in [4.69, 9.17) is 10.5 Å². The lowest BCUT2D eigenvalue weighted by Gasteiger charge is -2.03. The molecule has 1 aromatic carbocycles. The zero-order valence-electron chi connectivity index (χ0n) is 7.95. The molecule has 0 aliphatic carbocycles. The summed E-state index contributed by atoms with van der Waals surface area (Å²) in [5, 5.41) is 26.9. The van der Waals surface area contributed by atoms with Crippen LogP contribution in [0.3, 0.4) is 0 Å². The van der Waals surface area contributed by atoms with Gasteiger partial charge < -0.3 is 5.11 Å². The molecule has 15 heavy (non-hydrogen) atoms. The van der Waals surface area contributed by atoms with E-state index in [9.17, 15) is 5.11 Å². The molecular weight excluding hydrogens is 303 g/mol. The molecule has 0 saturated heterocycles. The van der Waals surface area contributed by atoms with Crippen molar-refractivity contribution in [3.05, 3.63) is 32.4 Å². The summed E-state index contributed by atoms with van der Waals surface area (Å²) in [7, 11) is 0. The molecule has 0 heterocycles. The van der Waals surface area contributed by atoms with E-state index >= 15 is 0 Å². The molecule has 0 spiro atoms. The molecular formula is C11H7IN2O. The van der Waals surface area contributed by atoms with E-state index in [1.165, 1.54) is 6.08 Å². The molecule has 0 saturated carbocycles. The number of phenols is 1. The van der Waals surface area contributed by atoms with Gasteiger partial charge in [0.25, 0.3) is 0 Å². The van der Waals surface area contributed by atoms with Crippen molar-refractivity contribution in [2.24, 2.45) is 0 Å². The van der Waals surface area contributed by atoms with Gasteiger partial charge in [0, 0.05) is 9.13 Å². The van der Waals surface area contributed by atoms with Crippen LogP contribution < -0.4 is 0 Å². The molecule has 1 rings (SSSR count). The maximum atomic E-state index is 9.70. The second kappa shape index (κ2) is 4.81. The third-order valence-corrected chi connectivity index (χ3v) is 2.46. The quantitative estimate of drug-likeness (QED) is 0.640. The summed E-state index contributed by atoms with van der Waals surface area (Å²) in [5.74, 6) is 0.110. The average Bonchev–Trinajstić information content (AvgIpc) is 2.21. The number of benzene rings is 1. The highest BCUT2D eigenvalue weighted by molar-refractivity contribution is 14.1. The topological polar surface area (TPSA) is 67.8 Å². The first-order chi connectivity index (χ1) is 7.08. The van der Waals surface area contributed by atoms with Gasteiger partial charge in [-0.3, -0.25) is 0 Å². The number of nitrogens with zero attached hydrogens (tertiary/aromatic N) is 2. The Morgan fingerprint density at radius 1 is 1.40 bits per heavy atom. The molecule has 0 fully saturated rings. The molecule has 1 aromatic rings. The van der Waals surface area contributed by atoms with Gasteiger partial charge in [0.15, 0.2) is 0 Å². The number of hydrogen-bond donors (Lipinski definition) is 1. The third kappa shape index (κ3) is 2.71. The maximum absolute atomic E-state index is 9.70. The molecule has 1 N–H and O–H groups in total. The summed E-state index contributed by atoms with van der Waals surface area (Å²) in [4.78, 5) is 0. The number of aromatic hydroxyl groups is 1. The standard InChI is InChI=1S/C11H7IN2O/c1-7-2-10(12)4-9(11(7)15)3-8(5-13)6-14/h2-4,15H,1H3. The zero-order valence-corrected chi connectivity index (χ0v) is 10.1. The van der Waals surface area contributed by atoms with Gasteiger partial charge in [0.05, 0.1) is 0 Å². The van der Waals surface area contributed by atoms with E-state index in [2.05, 4.69) is 22.6 Å². The van der Waals surface area contributed by atoms with Gasteiger partial charge >= 0.3 is 0 Å². The van der Waals surface area contributed by atoms with Crippen LogP contribution in [-0.2, 0) is 0 Å². The Morgan fingerprint density at radius 2 is 2.00 bits per heavy atom. The fourth-order valence-corrected chi connectivity index (χ4v) is 1.92. The van der Waals surface area contributed by atoms with Crippen molar-refractivity contribution in [3.8, 4) is 17.9 Å². The van der Waals surface area contributed by atoms with Gasteiger partial charge in [-0.05, 0) is 53.3 Å².